The highest BCUT2D eigenvalue weighted by Crippen LogP contribution is 2.30. The summed E-state index contributed by atoms with van der Waals surface area (Å²) in [4.78, 5) is 20.6. The number of hydrogen-bond donors (Lipinski definition) is 1. The molecule has 0 aromatic carbocycles. The molecule has 5 nitrogen and oxygen atoms in total. The molecule has 24 heavy (non-hydrogen) atoms. The summed E-state index contributed by atoms with van der Waals surface area (Å²) in [5, 5.41) is 13.5. The van der Waals surface area contributed by atoms with Gasteiger partial charge in [-0.15, -0.1) is 11.3 Å². The quantitative estimate of drug-likeness (QED) is 0.851. The van der Waals surface area contributed by atoms with Crippen molar-refractivity contribution in [2.75, 3.05) is 31.6 Å². The highest BCUT2D eigenvalue weighted by molar-refractivity contribution is 7.99. The Morgan fingerprint density at radius 1 is 1.62 bits per heavy atom. The molecule has 3 atom stereocenters. The fourth-order valence-corrected chi connectivity index (χ4v) is 5.31. The fourth-order valence-electron chi connectivity index (χ4n) is 3.47. The van der Waals surface area contributed by atoms with Gasteiger partial charge >= 0.3 is 0 Å². The summed E-state index contributed by atoms with van der Waals surface area (Å²) in [6, 6.07) is -0.0337. The van der Waals surface area contributed by atoms with Gasteiger partial charge in [-0.1, -0.05) is 0 Å². The van der Waals surface area contributed by atoms with Crippen LogP contribution in [0.4, 0.5) is 4.39 Å². The Balaban J connectivity index is 1.62. The van der Waals surface area contributed by atoms with Gasteiger partial charge < -0.3 is 10.0 Å². The van der Waals surface area contributed by atoms with Crippen LogP contribution in [0.1, 0.15) is 23.5 Å². The molecule has 1 amide bonds. The summed E-state index contributed by atoms with van der Waals surface area (Å²) in [5.74, 6) is 1.02. The second-order valence-electron chi connectivity index (χ2n) is 6.79. The van der Waals surface area contributed by atoms with Gasteiger partial charge in [-0.05, 0) is 25.5 Å². The maximum atomic E-state index is 13.9. The molecule has 0 spiro atoms. The lowest BCUT2D eigenvalue weighted by atomic mass is 10.0. The van der Waals surface area contributed by atoms with E-state index >= 15 is 0 Å². The van der Waals surface area contributed by atoms with Crippen LogP contribution in [0, 0.1) is 6.92 Å². The first-order valence-electron chi connectivity index (χ1n) is 8.22. The molecule has 8 heteroatoms. The van der Waals surface area contributed by atoms with Crippen molar-refractivity contribution in [2.24, 2.45) is 0 Å². The van der Waals surface area contributed by atoms with Crippen LogP contribution >= 0.6 is 23.1 Å². The predicted molar refractivity (Wildman–Crippen MR) is 95.1 cm³/mol. The van der Waals surface area contributed by atoms with Crippen molar-refractivity contribution < 1.29 is 14.3 Å². The minimum Gasteiger partial charge on any atom is -0.379 e. The van der Waals surface area contributed by atoms with Crippen LogP contribution in [-0.2, 0) is 11.3 Å². The molecule has 2 fully saturated rings. The molecule has 0 bridgehead atoms. The number of alkyl halides is 1. The van der Waals surface area contributed by atoms with Crippen molar-refractivity contribution in [1.29, 1.82) is 0 Å². The Bertz CT molecular complexity index is 592. The van der Waals surface area contributed by atoms with Gasteiger partial charge in [0, 0.05) is 43.9 Å². The average Bonchev–Trinajstić information content (AvgIpc) is 3.22. The normalized spacial score (nSPS) is 30.8. The first-order chi connectivity index (χ1) is 11.4. The van der Waals surface area contributed by atoms with Crippen LogP contribution in [0.2, 0.25) is 0 Å². The average molecular weight is 374 g/mol. The second-order valence-corrected chi connectivity index (χ2v) is 8.96. The van der Waals surface area contributed by atoms with Crippen LogP contribution in [0.3, 0.4) is 0 Å². The lowest BCUT2D eigenvalue weighted by Gasteiger charge is -2.32. The summed E-state index contributed by atoms with van der Waals surface area (Å²) in [5.41, 5.74) is -0.291. The highest BCUT2D eigenvalue weighted by atomic mass is 32.2. The van der Waals surface area contributed by atoms with Gasteiger partial charge in [0.1, 0.15) is 6.17 Å². The summed E-state index contributed by atoms with van der Waals surface area (Å²) in [7, 11) is 1.71. The predicted octanol–water partition coefficient (Wildman–Crippen LogP) is 1.69. The number of aromatic nitrogens is 1. The summed E-state index contributed by atoms with van der Waals surface area (Å²) in [6.07, 6.45) is 0.0517. The van der Waals surface area contributed by atoms with Crippen molar-refractivity contribution in [3.63, 3.8) is 0 Å². The van der Waals surface area contributed by atoms with Crippen LogP contribution in [-0.4, -0.2) is 75.3 Å². The molecular formula is C16H24FN3O2S2. The SMILES string of the molecule is Cc1nc(CN2C[C@@H](F)C[C@H]2CN(C)C(=O)[C@]2(O)CCSC2)cs1. The van der Waals surface area contributed by atoms with Gasteiger partial charge in [0.05, 0.1) is 10.7 Å². The van der Waals surface area contributed by atoms with Gasteiger partial charge in [0.2, 0.25) is 0 Å². The molecule has 2 saturated heterocycles. The molecule has 0 aliphatic carbocycles. The molecule has 2 aliphatic rings. The van der Waals surface area contributed by atoms with E-state index in [0.717, 1.165) is 16.5 Å². The molecule has 1 aromatic heterocycles. The zero-order valence-electron chi connectivity index (χ0n) is 14.1. The molecule has 3 heterocycles. The number of rotatable bonds is 5. The van der Waals surface area contributed by atoms with Crippen molar-refractivity contribution in [2.45, 2.75) is 44.1 Å². The number of hydrogen-bond acceptors (Lipinski definition) is 6. The van der Waals surface area contributed by atoms with Crippen molar-refractivity contribution >= 4 is 29.0 Å². The van der Waals surface area contributed by atoms with Crippen LogP contribution in [0.5, 0.6) is 0 Å². The number of carbonyl (C=O) groups excluding carboxylic acids is 1. The van der Waals surface area contributed by atoms with E-state index in [1.165, 1.54) is 0 Å². The number of carbonyl (C=O) groups is 1. The molecule has 0 unspecified atom stereocenters. The van der Waals surface area contributed by atoms with Crippen molar-refractivity contribution in [3.8, 4) is 0 Å². The first-order valence-corrected chi connectivity index (χ1v) is 10.3. The van der Waals surface area contributed by atoms with Crippen molar-refractivity contribution in [1.82, 2.24) is 14.8 Å². The number of thiazole rings is 1. The summed E-state index contributed by atoms with van der Waals surface area (Å²) in [6.45, 7) is 3.39. The van der Waals surface area contributed by atoms with Gasteiger partial charge in [-0.2, -0.15) is 11.8 Å². The van der Waals surface area contributed by atoms with Crippen LogP contribution in [0.25, 0.3) is 0 Å². The molecule has 0 radical (unpaired) electrons. The Kier molecular flexibility index (Phi) is 5.48. The minimum absolute atomic E-state index is 0.0337. The number of likely N-dealkylation sites (tertiary alicyclic amines) is 1. The van der Waals surface area contributed by atoms with E-state index in [1.807, 2.05) is 12.3 Å². The molecule has 0 saturated carbocycles. The molecule has 2 aliphatic heterocycles. The monoisotopic (exact) mass is 373 g/mol. The number of aliphatic hydroxyl groups is 1. The molecule has 134 valence electrons. The third-order valence-corrected chi connectivity index (χ3v) is 6.74. The zero-order chi connectivity index (χ0) is 17.3. The number of amides is 1. The first kappa shape index (κ1) is 18.1. The van der Waals surface area contributed by atoms with E-state index in [4.69, 9.17) is 0 Å². The van der Waals surface area contributed by atoms with Crippen LogP contribution in [0.15, 0.2) is 5.38 Å². The standard InChI is InChI=1S/C16H24FN3O2S2/c1-11-18-13(9-24-11)7-20-6-12(17)5-14(20)8-19(2)15(21)16(22)3-4-23-10-16/h9,12,14,22H,3-8,10H2,1-2H3/t12-,14-,16-/m0/s1. The fraction of sp³-hybridized carbons (Fsp3) is 0.750. The van der Waals surface area contributed by atoms with Crippen molar-refractivity contribution in [3.05, 3.63) is 16.1 Å². The van der Waals surface area contributed by atoms with Gasteiger partial charge in [0.15, 0.2) is 5.60 Å². The maximum absolute atomic E-state index is 13.9. The van der Waals surface area contributed by atoms with E-state index in [-0.39, 0.29) is 11.9 Å². The largest absolute Gasteiger partial charge is 0.379 e. The molecular weight excluding hydrogens is 349 g/mol. The van der Waals surface area contributed by atoms with E-state index in [2.05, 4.69) is 9.88 Å². The third kappa shape index (κ3) is 3.92. The third-order valence-electron chi connectivity index (χ3n) is 4.74. The molecule has 1 aromatic rings. The summed E-state index contributed by atoms with van der Waals surface area (Å²) >= 11 is 3.19. The second kappa shape index (κ2) is 7.27. The minimum atomic E-state index is -1.25. The summed E-state index contributed by atoms with van der Waals surface area (Å²) < 4.78 is 13.9. The maximum Gasteiger partial charge on any atom is 0.255 e. The number of thioether (sulfide) groups is 1. The van der Waals surface area contributed by atoms with Gasteiger partial charge in [-0.3, -0.25) is 9.69 Å². The van der Waals surface area contributed by atoms with Gasteiger partial charge in [0.25, 0.3) is 5.91 Å². The van der Waals surface area contributed by atoms with Gasteiger partial charge in [-0.25, -0.2) is 9.37 Å². The number of likely N-dealkylation sites (N-methyl/N-ethyl adjacent to an activating group) is 1. The highest BCUT2D eigenvalue weighted by Gasteiger charge is 2.42. The van der Waals surface area contributed by atoms with Crippen LogP contribution < -0.4 is 0 Å². The van der Waals surface area contributed by atoms with E-state index < -0.39 is 11.8 Å². The Morgan fingerprint density at radius 2 is 2.42 bits per heavy atom. The lowest BCUT2D eigenvalue weighted by Crippen LogP contribution is -2.51. The smallest absolute Gasteiger partial charge is 0.255 e. The number of nitrogens with zero attached hydrogens (tertiary/aromatic N) is 3. The molecule has 3 rings (SSSR count). The number of aryl methyl sites for hydroxylation is 1. The lowest BCUT2D eigenvalue weighted by molar-refractivity contribution is -0.148. The van der Waals surface area contributed by atoms with E-state index in [1.54, 1.807) is 35.0 Å². The Hall–Kier alpha value is -0.700. The van der Waals surface area contributed by atoms with E-state index in [0.29, 0.717) is 38.2 Å². The topological polar surface area (TPSA) is 56.7 Å². The zero-order valence-corrected chi connectivity index (χ0v) is 15.7. The Morgan fingerprint density at radius 3 is 3.04 bits per heavy atom. The Labute approximate surface area is 150 Å². The van der Waals surface area contributed by atoms with E-state index in [9.17, 15) is 14.3 Å². The number of halogens is 1. The molecule has 1 N–H and O–H groups in total.